The number of amides is 1. The summed E-state index contributed by atoms with van der Waals surface area (Å²) in [4.78, 5) is 15.8. The summed E-state index contributed by atoms with van der Waals surface area (Å²) in [6.07, 6.45) is 0.949. The number of hydrogen-bond donors (Lipinski definition) is 1. The van der Waals surface area contributed by atoms with E-state index in [0.29, 0.717) is 17.8 Å². The predicted octanol–water partition coefficient (Wildman–Crippen LogP) is 2.84. The summed E-state index contributed by atoms with van der Waals surface area (Å²) in [5, 5.41) is 2.10. The number of anilines is 1. The number of rotatable bonds is 1. The molecule has 0 fully saturated rings. The molecule has 0 saturated carbocycles. The van der Waals surface area contributed by atoms with Crippen molar-refractivity contribution in [1.82, 2.24) is 4.90 Å². The van der Waals surface area contributed by atoms with Crippen LogP contribution in [0.2, 0.25) is 0 Å². The maximum Gasteiger partial charge on any atom is 0.256 e. The molecule has 2 heterocycles. The average Bonchev–Trinajstić information content (AvgIpc) is 2.85. The molecule has 0 aliphatic carbocycles. The van der Waals surface area contributed by atoms with E-state index in [-0.39, 0.29) is 5.91 Å². The molecule has 0 bridgehead atoms. The summed E-state index contributed by atoms with van der Waals surface area (Å²) in [6, 6.07) is 7.73. The van der Waals surface area contributed by atoms with E-state index in [0.717, 1.165) is 18.5 Å². The lowest BCUT2D eigenvalue weighted by Crippen LogP contribution is -2.35. The number of thiophene rings is 1. The number of nitrogens with zero attached hydrogens (tertiary/aromatic N) is 1. The Morgan fingerprint density at radius 1 is 1.37 bits per heavy atom. The molecule has 2 aromatic rings. The highest BCUT2D eigenvalue weighted by molar-refractivity contribution is 7.10. The van der Waals surface area contributed by atoms with Crippen LogP contribution >= 0.6 is 11.3 Å². The Hall–Kier alpha value is -1.81. The predicted molar refractivity (Wildman–Crippen MR) is 78.4 cm³/mol. The molecule has 0 unspecified atom stereocenters. The molecule has 1 amide bonds. The van der Waals surface area contributed by atoms with Crippen molar-refractivity contribution < 1.29 is 4.79 Å². The number of carbonyl (C=O) groups excluding carboxylic acids is 1. The van der Waals surface area contributed by atoms with E-state index in [1.165, 1.54) is 10.4 Å². The molecule has 19 heavy (non-hydrogen) atoms. The average molecular weight is 272 g/mol. The van der Waals surface area contributed by atoms with Gasteiger partial charge in [0.1, 0.15) is 0 Å². The monoisotopic (exact) mass is 272 g/mol. The van der Waals surface area contributed by atoms with Crippen LogP contribution in [0.5, 0.6) is 0 Å². The molecule has 1 aliphatic heterocycles. The van der Waals surface area contributed by atoms with Crippen LogP contribution in [0.25, 0.3) is 0 Å². The number of nitrogens with two attached hydrogens (primary N) is 1. The Morgan fingerprint density at radius 3 is 3.00 bits per heavy atom. The number of carbonyl (C=O) groups is 1. The molecular formula is C15H16N2OS. The number of benzene rings is 1. The van der Waals surface area contributed by atoms with E-state index in [2.05, 4.69) is 11.4 Å². The van der Waals surface area contributed by atoms with Crippen molar-refractivity contribution in [2.45, 2.75) is 19.9 Å². The van der Waals surface area contributed by atoms with Crippen molar-refractivity contribution in [3.05, 3.63) is 51.2 Å². The number of aryl methyl sites for hydroxylation is 1. The van der Waals surface area contributed by atoms with Crippen LogP contribution in [-0.2, 0) is 13.0 Å². The third-order valence-electron chi connectivity index (χ3n) is 3.53. The van der Waals surface area contributed by atoms with Gasteiger partial charge in [0, 0.05) is 23.7 Å². The second kappa shape index (κ2) is 4.70. The zero-order valence-electron chi connectivity index (χ0n) is 10.8. The van der Waals surface area contributed by atoms with Crippen LogP contribution in [0.1, 0.15) is 26.4 Å². The summed E-state index contributed by atoms with van der Waals surface area (Å²) in [5.74, 6) is 0.0364. The minimum Gasteiger partial charge on any atom is -0.398 e. The van der Waals surface area contributed by atoms with Gasteiger partial charge in [-0.05, 0) is 48.1 Å². The quantitative estimate of drug-likeness (QED) is 0.811. The highest BCUT2D eigenvalue weighted by Crippen LogP contribution is 2.26. The van der Waals surface area contributed by atoms with Gasteiger partial charge in [-0.3, -0.25) is 4.79 Å². The molecule has 0 atom stereocenters. The lowest BCUT2D eigenvalue weighted by atomic mass is 10.1. The molecule has 1 aliphatic rings. The molecule has 3 rings (SSSR count). The first kappa shape index (κ1) is 12.2. The van der Waals surface area contributed by atoms with Gasteiger partial charge in [-0.2, -0.15) is 0 Å². The fourth-order valence-corrected chi connectivity index (χ4v) is 3.36. The Labute approximate surface area is 116 Å². The summed E-state index contributed by atoms with van der Waals surface area (Å²) in [7, 11) is 0. The van der Waals surface area contributed by atoms with Crippen LogP contribution in [0, 0.1) is 6.92 Å². The van der Waals surface area contributed by atoms with Gasteiger partial charge in [0.15, 0.2) is 0 Å². The summed E-state index contributed by atoms with van der Waals surface area (Å²) >= 11 is 1.78. The molecule has 98 valence electrons. The third-order valence-corrected chi connectivity index (χ3v) is 4.56. The summed E-state index contributed by atoms with van der Waals surface area (Å²) in [6.45, 7) is 3.45. The summed E-state index contributed by atoms with van der Waals surface area (Å²) in [5.41, 5.74) is 9.49. The zero-order chi connectivity index (χ0) is 13.4. The number of nitrogen functional groups attached to an aromatic ring is 1. The van der Waals surface area contributed by atoms with Gasteiger partial charge in [0.05, 0.1) is 5.56 Å². The van der Waals surface area contributed by atoms with Gasteiger partial charge < -0.3 is 10.6 Å². The highest BCUT2D eigenvalue weighted by Gasteiger charge is 2.23. The smallest absolute Gasteiger partial charge is 0.256 e. The van der Waals surface area contributed by atoms with E-state index >= 15 is 0 Å². The Kier molecular flexibility index (Phi) is 3.03. The highest BCUT2D eigenvalue weighted by atomic mass is 32.1. The minimum atomic E-state index is 0.0364. The normalized spacial score (nSPS) is 14.3. The summed E-state index contributed by atoms with van der Waals surface area (Å²) < 4.78 is 0. The maximum atomic E-state index is 12.5. The molecule has 4 heteroatoms. The van der Waals surface area contributed by atoms with Gasteiger partial charge in [-0.25, -0.2) is 0 Å². The number of hydrogen-bond acceptors (Lipinski definition) is 3. The maximum absolute atomic E-state index is 12.5. The molecule has 0 spiro atoms. The topological polar surface area (TPSA) is 46.3 Å². The number of fused-ring (bicyclic) bond motifs is 1. The second-order valence-corrected chi connectivity index (χ2v) is 5.94. The van der Waals surface area contributed by atoms with E-state index in [4.69, 9.17) is 5.73 Å². The first-order valence-electron chi connectivity index (χ1n) is 6.36. The fraction of sp³-hybridized carbons (Fsp3) is 0.267. The molecule has 2 N–H and O–H groups in total. The first-order valence-corrected chi connectivity index (χ1v) is 7.24. The van der Waals surface area contributed by atoms with Crippen molar-refractivity contribution >= 4 is 22.9 Å². The Balaban J connectivity index is 1.85. The second-order valence-electron chi connectivity index (χ2n) is 4.94. The van der Waals surface area contributed by atoms with Gasteiger partial charge in [0.2, 0.25) is 0 Å². The molecule has 1 aromatic heterocycles. The molecule has 0 radical (unpaired) electrons. The van der Waals surface area contributed by atoms with Crippen molar-refractivity contribution in [2.75, 3.05) is 12.3 Å². The van der Waals surface area contributed by atoms with Crippen molar-refractivity contribution in [3.63, 3.8) is 0 Å². The van der Waals surface area contributed by atoms with E-state index in [1.807, 2.05) is 30.0 Å². The van der Waals surface area contributed by atoms with Crippen molar-refractivity contribution in [2.24, 2.45) is 0 Å². The standard InChI is InChI=1S/C15H16N2OS/c1-10-2-3-12(13(16)8-10)15(18)17-6-4-14-11(9-17)5-7-19-14/h2-3,5,7-8H,4,6,9,16H2,1H3. The molecule has 3 nitrogen and oxygen atoms in total. The van der Waals surface area contributed by atoms with Crippen LogP contribution < -0.4 is 5.73 Å². The van der Waals surface area contributed by atoms with Gasteiger partial charge in [-0.15, -0.1) is 11.3 Å². The zero-order valence-corrected chi connectivity index (χ0v) is 11.7. The molecule has 1 aromatic carbocycles. The van der Waals surface area contributed by atoms with Gasteiger partial charge >= 0.3 is 0 Å². The lowest BCUT2D eigenvalue weighted by molar-refractivity contribution is 0.0737. The first-order chi connectivity index (χ1) is 9.15. The van der Waals surface area contributed by atoms with Crippen LogP contribution in [0.4, 0.5) is 5.69 Å². The van der Waals surface area contributed by atoms with Gasteiger partial charge in [0.25, 0.3) is 5.91 Å². The Bertz CT molecular complexity index is 633. The molecular weight excluding hydrogens is 256 g/mol. The third kappa shape index (κ3) is 2.24. The van der Waals surface area contributed by atoms with E-state index in [9.17, 15) is 4.79 Å². The van der Waals surface area contributed by atoms with E-state index in [1.54, 1.807) is 11.3 Å². The van der Waals surface area contributed by atoms with Crippen LogP contribution in [0.15, 0.2) is 29.6 Å². The Morgan fingerprint density at radius 2 is 2.21 bits per heavy atom. The van der Waals surface area contributed by atoms with Crippen molar-refractivity contribution in [3.8, 4) is 0 Å². The van der Waals surface area contributed by atoms with Crippen LogP contribution in [-0.4, -0.2) is 17.4 Å². The minimum absolute atomic E-state index is 0.0364. The van der Waals surface area contributed by atoms with E-state index < -0.39 is 0 Å². The van der Waals surface area contributed by atoms with Gasteiger partial charge in [-0.1, -0.05) is 6.07 Å². The molecule has 0 saturated heterocycles. The SMILES string of the molecule is Cc1ccc(C(=O)N2CCc3sccc3C2)c(N)c1. The largest absolute Gasteiger partial charge is 0.398 e. The fourth-order valence-electron chi connectivity index (χ4n) is 2.47. The van der Waals surface area contributed by atoms with Crippen LogP contribution in [0.3, 0.4) is 0 Å². The lowest BCUT2D eigenvalue weighted by Gasteiger charge is -2.27. The van der Waals surface area contributed by atoms with Crippen molar-refractivity contribution in [1.29, 1.82) is 0 Å².